The lowest BCUT2D eigenvalue weighted by atomic mass is 9.93. The smallest absolute Gasteiger partial charge is 0.335 e. The maximum absolute atomic E-state index is 11.4. The maximum atomic E-state index is 11.4. The molecule has 5 heteroatoms. The number of aromatic carboxylic acids is 1. The Hall–Kier alpha value is -2.63. The fourth-order valence-corrected chi connectivity index (χ4v) is 5.81. The number of aromatic nitrogens is 1. The minimum Gasteiger partial charge on any atom is -0.478 e. The predicted octanol–water partition coefficient (Wildman–Crippen LogP) is 5.40. The topological polar surface area (TPSA) is 59.6 Å². The first kappa shape index (κ1) is 21.9. The largest absolute Gasteiger partial charge is 0.478 e. The van der Waals surface area contributed by atoms with E-state index < -0.39 is 5.97 Å². The van der Waals surface area contributed by atoms with Gasteiger partial charge in [0.2, 0.25) is 0 Å². The lowest BCUT2D eigenvalue weighted by Crippen LogP contribution is -2.48. The molecule has 3 aromatic rings. The van der Waals surface area contributed by atoms with Gasteiger partial charge in [0.1, 0.15) is 0 Å². The molecule has 34 heavy (non-hydrogen) atoms. The lowest BCUT2D eigenvalue weighted by Gasteiger charge is -2.42. The van der Waals surface area contributed by atoms with E-state index in [2.05, 4.69) is 40.0 Å². The zero-order valence-electron chi connectivity index (χ0n) is 20.1. The van der Waals surface area contributed by atoms with Gasteiger partial charge in [0, 0.05) is 55.9 Å². The number of rotatable bonds is 8. The summed E-state index contributed by atoms with van der Waals surface area (Å²) < 4.78 is 0. The molecule has 1 saturated heterocycles. The molecule has 5 nitrogen and oxygen atoms in total. The highest BCUT2D eigenvalue weighted by Gasteiger charge is 2.33. The standard InChI is InChI=1S/C29H35N3O2/c1-19-14-24(15-20-2-3-20)26(25-10-11-30-28(19)25)17-32-13-12-31(16-21-4-5-21)18-27(32)22-6-8-23(9-7-22)29(33)34/h6-11,14,20-21,27,30H,2-5,12-13,15-18H2,1H3,(H,33,34)/t27-/m0/s1. The highest BCUT2D eigenvalue weighted by atomic mass is 16.4. The van der Waals surface area contributed by atoms with Crippen LogP contribution in [-0.4, -0.2) is 52.0 Å². The van der Waals surface area contributed by atoms with Crippen LogP contribution in [0.5, 0.6) is 0 Å². The molecule has 0 unspecified atom stereocenters. The summed E-state index contributed by atoms with van der Waals surface area (Å²) >= 11 is 0. The number of hydrogen-bond donors (Lipinski definition) is 2. The van der Waals surface area contributed by atoms with Crippen molar-refractivity contribution >= 4 is 16.9 Å². The Labute approximate surface area is 201 Å². The molecule has 3 aliphatic rings. The second kappa shape index (κ2) is 8.86. The van der Waals surface area contributed by atoms with Crippen molar-refractivity contribution in [2.75, 3.05) is 26.2 Å². The van der Waals surface area contributed by atoms with Gasteiger partial charge in [-0.2, -0.15) is 0 Å². The van der Waals surface area contributed by atoms with Crippen molar-refractivity contribution in [2.45, 2.75) is 51.6 Å². The molecule has 2 heterocycles. The monoisotopic (exact) mass is 457 g/mol. The Bertz CT molecular complexity index is 1190. The molecule has 1 atom stereocenters. The van der Waals surface area contributed by atoms with E-state index in [1.165, 1.54) is 71.8 Å². The molecule has 178 valence electrons. The molecule has 2 saturated carbocycles. The first-order valence-corrected chi connectivity index (χ1v) is 12.9. The van der Waals surface area contributed by atoms with E-state index in [1.807, 2.05) is 12.1 Å². The highest BCUT2D eigenvalue weighted by Crippen LogP contribution is 2.38. The predicted molar refractivity (Wildman–Crippen MR) is 135 cm³/mol. The molecule has 0 radical (unpaired) electrons. The average Bonchev–Trinajstić information content (AvgIpc) is 3.77. The molecular weight excluding hydrogens is 422 g/mol. The second-order valence-electron chi connectivity index (χ2n) is 10.9. The van der Waals surface area contributed by atoms with Crippen LogP contribution in [0.2, 0.25) is 0 Å². The van der Waals surface area contributed by atoms with E-state index in [9.17, 15) is 9.90 Å². The van der Waals surface area contributed by atoms with Crippen molar-refractivity contribution < 1.29 is 9.90 Å². The van der Waals surface area contributed by atoms with Gasteiger partial charge in [0.05, 0.1) is 5.56 Å². The van der Waals surface area contributed by atoms with Gasteiger partial charge in [0.15, 0.2) is 0 Å². The van der Waals surface area contributed by atoms with Crippen LogP contribution in [0.1, 0.15) is 64.3 Å². The molecule has 0 bridgehead atoms. The van der Waals surface area contributed by atoms with E-state index in [-0.39, 0.29) is 6.04 Å². The molecular formula is C29H35N3O2. The molecule has 1 aliphatic heterocycles. The third-order valence-corrected chi connectivity index (χ3v) is 8.14. The number of fused-ring (bicyclic) bond motifs is 1. The third kappa shape index (κ3) is 4.51. The Kier molecular flexibility index (Phi) is 5.70. The number of benzene rings is 2. The van der Waals surface area contributed by atoms with Crippen LogP contribution >= 0.6 is 0 Å². The van der Waals surface area contributed by atoms with Gasteiger partial charge < -0.3 is 10.1 Å². The van der Waals surface area contributed by atoms with Crippen LogP contribution in [0.4, 0.5) is 0 Å². The number of nitrogens with zero attached hydrogens (tertiary/aromatic N) is 2. The third-order valence-electron chi connectivity index (χ3n) is 8.14. The van der Waals surface area contributed by atoms with Gasteiger partial charge in [-0.3, -0.25) is 9.80 Å². The average molecular weight is 458 g/mol. The van der Waals surface area contributed by atoms with Gasteiger partial charge in [-0.1, -0.05) is 18.2 Å². The first-order chi connectivity index (χ1) is 16.5. The van der Waals surface area contributed by atoms with Crippen molar-refractivity contribution in [3.8, 4) is 0 Å². The number of piperazine rings is 1. The van der Waals surface area contributed by atoms with Crippen LogP contribution in [0.3, 0.4) is 0 Å². The lowest BCUT2D eigenvalue weighted by molar-refractivity contribution is 0.0652. The first-order valence-electron chi connectivity index (χ1n) is 12.9. The Morgan fingerprint density at radius 3 is 2.53 bits per heavy atom. The number of aromatic amines is 1. The normalized spacial score (nSPS) is 21.9. The van der Waals surface area contributed by atoms with Crippen molar-refractivity contribution in [1.82, 2.24) is 14.8 Å². The summed E-state index contributed by atoms with van der Waals surface area (Å²) in [7, 11) is 0. The van der Waals surface area contributed by atoms with Crippen molar-refractivity contribution in [1.29, 1.82) is 0 Å². The quantitative estimate of drug-likeness (QED) is 0.476. The number of carboxylic acid groups (broad SMARTS) is 1. The summed E-state index contributed by atoms with van der Waals surface area (Å²) in [6.45, 7) is 7.54. The van der Waals surface area contributed by atoms with Crippen LogP contribution in [0.15, 0.2) is 42.6 Å². The number of carbonyl (C=O) groups is 1. The van der Waals surface area contributed by atoms with Gasteiger partial charge in [-0.15, -0.1) is 0 Å². The van der Waals surface area contributed by atoms with Crippen LogP contribution < -0.4 is 0 Å². The van der Waals surface area contributed by atoms with Crippen LogP contribution in [0.25, 0.3) is 10.9 Å². The zero-order chi connectivity index (χ0) is 23.2. The van der Waals surface area contributed by atoms with Crippen molar-refractivity contribution in [3.05, 3.63) is 70.4 Å². The van der Waals surface area contributed by atoms with Crippen molar-refractivity contribution in [2.24, 2.45) is 11.8 Å². The van der Waals surface area contributed by atoms with E-state index in [1.54, 1.807) is 12.1 Å². The zero-order valence-corrected chi connectivity index (χ0v) is 20.1. The van der Waals surface area contributed by atoms with Gasteiger partial charge in [-0.05, 0) is 91.3 Å². The summed E-state index contributed by atoms with van der Waals surface area (Å²) in [5, 5.41) is 10.7. The van der Waals surface area contributed by atoms with E-state index in [0.717, 1.165) is 38.0 Å². The Morgan fingerprint density at radius 1 is 1.06 bits per heavy atom. The Morgan fingerprint density at radius 2 is 1.82 bits per heavy atom. The number of aryl methyl sites for hydroxylation is 1. The fraction of sp³-hybridized carbons (Fsp3) is 0.483. The van der Waals surface area contributed by atoms with Crippen molar-refractivity contribution in [3.63, 3.8) is 0 Å². The minimum atomic E-state index is -0.860. The highest BCUT2D eigenvalue weighted by molar-refractivity contribution is 5.88. The molecule has 3 fully saturated rings. The number of nitrogens with one attached hydrogen (secondary N) is 1. The molecule has 2 aliphatic carbocycles. The molecule has 6 rings (SSSR count). The van der Waals surface area contributed by atoms with Gasteiger partial charge >= 0.3 is 5.97 Å². The number of carboxylic acids is 1. The molecule has 1 aromatic heterocycles. The van der Waals surface area contributed by atoms with Gasteiger partial charge in [0.25, 0.3) is 0 Å². The molecule has 2 aromatic carbocycles. The summed E-state index contributed by atoms with van der Waals surface area (Å²) in [5.41, 5.74) is 7.20. The van der Waals surface area contributed by atoms with Crippen LogP contribution in [0, 0.1) is 18.8 Å². The number of hydrogen-bond acceptors (Lipinski definition) is 3. The summed E-state index contributed by atoms with van der Waals surface area (Å²) in [4.78, 5) is 20.2. The fourth-order valence-electron chi connectivity index (χ4n) is 5.81. The maximum Gasteiger partial charge on any atom is 0.335 e. The molecule has 0 spiro atoms. The van der Waals surface area contributed by atoms with E-state index in [4.69, 9.17) is 0 Å². The summed E-state index contributed by atoms with van der Waals surface area (Å²) in [6, 6.07) is 12.6. The second-order valence-corrected chi connectivity index (χ2v) is 10.9. The summed E-state index contributed by atoms with van der Waals surface area (Å²) in [5.74, 6) is 0.870. The molecule has 0 amide bonds. The molecule has 2 N–H and O–H groups in total. The van der Waals surface area contributed by atoms with Crippen LogP contribution in [-0.2, 0) is 13.0 Å². The summed E-state index contributed by atoms with van der Waals surface area (Å²) in [6.07, 6.45) is 8.74. The van der Waals surface area contributed by atoms with Gasteiger partial charge in [-0.25, -0.2) is 4.79 Å². The Balaban J connectivity index is 1.33. The SMILES string of the molecule is Cc1cc(CC2CC2)c(CN2CCN(CC3CC3)C[C@H]2c2ccc(C(=O)O)cc2)c2cc[nH]c12. The van der Waals surface area contributed by atoms with E-state index >= 15 is 0 Å². The minimum absolute atomic E-state index is 0.277. The van der Waals surface area contributed by atoms with E-state index in [0.29, 0.717) is 5.56 Å². The number of H-pyrrole nitrogens is 1.